The molecule has 0 saturated carbocycles. The standard InChI is InChI=1S/C16H21N3O2/c1-11-4-3-6-19-15(21)8-13(17-16(11)19)10-18-7-5-14(20)12(2)9-18/h3-4,6,8,12,14,20H,5,7,9-10H2,1-2H3. The number of aryl methyl sites for hydroxylation is 1. The van der Waals surface area contributed by atoms with Crippen LogP contribution >= 0.6 is 0 Å². The summed E-state index contributed by atoms with van der Waals surface area (Å²) < 4.78 is 1.58. The third-order valence-corrected chi connectivity index (χ3v) is 4.27. The molecule has 5 heteroatoms. The monoisotopic (exact) mass is 287 g/mol. The highest BCUT2D eigenvalue weighted by Crippen LogP contribution is 2.18. The van der Waals surface area contributed by atoms with Crippen molar-refractivity contribution in [2.45, 2.75) is 32.9 Å². The van der Waals surface area contributed by atoms with Crippen LogP contribution in [0.2, 0.25) is 0 Å². The fourth-order valence-electron chi connectivity index (χ4n) is 2.98. The number of hydrogen-bond donors (Lipinski definition) is 1. The van der Waals surface area contributed by atoms with Crippen molar-refractivity contribution in [3.8, 4) is 0 Å². The first-order chi connectivity index (χ1) is 10.0. The van der Waals surface area contributed by atoms with Crippen molar-refractivity contribution < 1.29 is 5.11 Å². The highest BCUT2D eigenvalue weighted by molar-refractivity contribution is 5.46. The van der Waals surface area contributed by atoms with Gasteiger partial charge in [0, 0.05) is 31.9 Å². The maximum Gasteiger partial charge on any atom is 0.258 e. The van der Waals surface area contributed by atoms with Gasteiger partial charge in [0.25, 0.3) is 5.56 Å². The van der Waals surface area contributed by atoms with Crippen LogP contribution in [0.15, 0.2) is 29.2 Å². The first-order valence-corrected chi connectivity index (χ1v) is 7.43. The van der Waals surface area contributed by atoms with E-state index in [0.717, 1.165) is 36.4 Å². The van der Waals surface area contributed by atoms with Crippen LogP contribution in [0, 0.1) is 12.8 Å². The molecule has 2 aromatic rings. The minimum atomic E-state index is -0.210. The third-order valence-electron chi connectivity index (χ3n) is 4.27. The van der Waals surface area contributed by atoms with Gasteiger partial charge in [-0.3, -0.25) is 14.1 Å². The molecule has 0 spiro atoms. The minimum absolute atomic E-state index is 0.0382. The normalized spacial score (nSPS) is 23.6. The fourth-order valence-corrected chi connectivity index (χ4v) is 2.98. The SMILES string of the molecule is Cc1cccn2c(=O)cc(CN3CCC(O)C(C)C3)nc12. The summed E-state index contributed by atoms with van der Waals surface area (Å²) in [5, 5.41) is 9.79. The van der Waals surface area contributed by atoms with E-state index in [9.17, 15) is 9.90 Å². The van der Waals surface area contributed by atoms with Crippen LogP contribution in [0.3, 0.4) is 0 Å². The predicted octanol–water partition coefficient (Wildman–Crippen LogP) is 1.21. The predicted molar refractivity (Wildman–Crippen MR) is 81.3 cm³/mol. The highest BCUT2D eigenvalue weighted by atomic mass is 16.3. The third kappa shape index (κ3) is 2.84. The molecular formula is C16H21N3O2. The minimum Gasteiger partial charge on any atom is -0.393 e. The number of piperidine rings is 1. The first kappa shape index (κ1) is 14.2. The molecule has 3 rings (SSSR count). The maximum atomic E-state index is 12.2. The van der Waals surface area contributed by atoms with Gasteiger partial charge in [0.1, 0.15) is 5.65 Å². The summed E-state index contributed by atoms with van der Waals surface area (Å²) in [6, 6.07) is 5.44. The summed E-state index contributed by atoms with van der Waals surface area (Å²) in [6.07, 6.45) is 2.33. The average Bonchev–Trinajstić information content (AvgIpc) is 2.44. The van der Waals surface area contributed by atoms with Crippen LogP contribution in [-0.4, -0.2) is 38.6 Å². The van der Waals surface area contributed by atoms with Gasteiger partial charge in [-0.1, -0.05) is 13.0 Å². The molecular weight excluding hydrogens is 266 g/mol. The van der Waals surface area contributed by atoms with Gasteiger partial charge in [-0.25, -0.2) is 4.98 Å². The number of aliphatic hydroxyl groups excluding tert-OH is 1. The lowest BCUT2D eigenvalue weighted by Crippen LogP contribution is -2.41. The van der Waals surface area contributed by atoms with Gasteiger partial charge in [-0.15, -0.1) is 0 Å². The lowest BCUT2D eigenvalue weighted by atomic mass is 9.97. The lowest BCUT2D eigenvalue weighted by molar-refractivity contribution is 0.0315. The molecule has 1 aliphatic rings. The zero-order valence-electron chi connectivity index (χ0n) is 12.5. The number of hydrogen-bond acceptors (Lipinski definition) is 4. The van der Waals surface area contributed by atoms with Gasteiger partial charge >= 0.3 is 0 Å². The number of likely N-dealkylation sites (tertiary alicyclic amines) is 1. The molecule has 112 valence electrons. The average molecular weight is 287 g/mol. The lowest BCUT2D eigenvalue weighted by Gasteiger charge is -2.34. The Balaban J connectivity index is 1.88. The smallest absolute Gasteiger partial charge is 0.258 e. The van der Waals surface area contributed by atoms with Crippen LogP contribution in [0.25, 0.3) is 5.65 Å². The second kappa shape index (κ2) is 5.58. The van der Waals surface area contributed by atoms with E-state index in [1.54, 1.807) is 16.7 Å². The number of aromatic nitrogens is 2. The molecule has 2 unspecified atom stereocenters. The maximum absolute atomic E-state index is 12.2. The van der Waals surface area contributed by atoms with Crippen molar-refractivity contribution in [1.82, 2.24) is 14.3 Å². The quantitative estimate of drug-likeness (QED) is 0.902. The summed E-state index contributed by atoms with van der Waals surface area (Å²) in [4.78, 5) is 19.1. The highest BCUT2D eigenvalue weighted by Gasteiger charge is 2.24. The van der Waals surface area contributed by atoms with E-state index in [1.807, 2.05) is 19.1 Å². The number of rotatable bonds is 2. The Hall–Kier alpha value is -1.72. The Morgan fingerprint density at radius 2 is 2.29 bits per heavy atom. The first-order valence-electron chi connectivity index (χ1n) is 7.43. The van der Waals surface area contributed by atoms with E-state index in [0.29, 0.717) is 6.54 Å². The number of fused-ring (bicyclic) bond motifs is 1. The molecule has 1 fully saturated rings. The summed E-state index contributed by atoms with van der Waals surface area (Å²) in [7, 11) is 0. The molecule has 5 nitrogen and oxygen atoms in total. The van der Waals surface area contributed by atoms with Gasteiger partial charge in [0.2, 0.25) is 0 Å². The number of pyridine rings is 1. The van der Waals surface area contributed by atoms with E-state index >= 15 is 0 Å². The number of nitrogens with zero attached hydrogens (tertiary/aromatic N) is 3. The summed E-state index contributed by atoms with van der Waals surface area (Å²) in [6.45, 7) is 6.38. The molecule has 3 heterocycles. The Labute approximate surface area is 123 Å². The molecule has 0 bridgehead atoms. The van der Waals surface area contributed by atoms with E-state index in [-0.39, 0.29) is 17.6 Å². The van der Waals surface area contributed by atoms with Crippen molar-refractivity contribution in [3.63, 3.8) is 0 Å². The van der Waals surface area contributed by atoms with Crippen molar-refractivity contribution in [2.75, 3.05) is 13.1 Å². The topological polar surface area (TPSA) is 57.8 Å². The molecule has 1 saturated heterocycles. The molecule has 0 amide bonds. The molecule has 2 atom stereocenters. The van der Waals surface area contributed by atoms with Crippen LogP contribution in [0.5, 0.6) is 0 Å². The fraction of sp³-hybridized carbons (Fsp3) is 0.500. The summed E-state index contributed by atoms with van der Waals surface area (Å²) in [5.74, 6) is 0.266. The number of aliphatic hydroxyl groups is 1. The summed E-state index contributed by atoms with van der Waals surface area (Å²) in [5.41, 5.74) is 2.49. The van der Waals surface area contributed by atoms with E-state index in [1.165, 1.54) is 0 Å². The van der Waals surface area contributed by atoms with Crippen LogP contribution in [-0.2, 0) is 6.54 Å². The molecule has 1 aliphatic heterocycles. The zero-order chi connectivity index (χ0) is 15.0. The molecule has 2 aromatic heterocycles. The largest absolute Gasteiger partial charge is 0.393 e. The Bertz CT molecular complexity index is 710. The van der Waals surface area contributed by atoms with Crippen molar-refractivity contribution in [1.29, 1.82) is 0 Å². The van der Waals surface area contributed by atoms with E-state index in [4.69, 9.17) is 0 Å². The molecule has 0 aromatic carbocycles. The van der Waals surface area contributed by atoms with Gasteiger partial charge < -0.3 is 5.11 Å². The summed E-state index contributed by atoms with van der Waals surface area (Å²) >= 11 is 0. The Morgan fingerprint density at radius 3 is 3.05 bits per heavy atom. The zero-order valence-corrected chi connectivity index (χ0v) is 12.5. The van der Waals surface area contributed by atoms with Gasteiger partial charge in [0.15, 0.2) is 0 Å². The van der Waals surface area contributed by atoms with Gasteiger partial charge in [0.05, 0.1) is 11.8 Å². The second-order valence-electron chi connectivity index (χ2n) is 6.04. The van der Waals surface area contributed by atoms with Crippen molar-refractivity contribution in [3.05, 3.63) is 46.0 Å². The molecule has 0 radical (unpaired) electrons. The van der Waals surface area contributed by atoms with E-state index in [2.05, 4.69) is 16.8 Å². The van der Waals surface area contributed by atoms with Gasteiger partial charge in [-0.05, 0) is 30.9 Å². The van der Waals surface area contributed by atoms with Crippen molar-refractivity contribution in [2.24, 2.45) is 5.92 Å². The van der Waals surface area contributed by atoms with Crippen molar-refractivity contribution >= 4 is 5.65 Å². The second-order valence-corrected chi connectivity index (χ2v) is 6.04. The van der Waals surface area contributed by atoms with Crippen LogP contribution in [0.1, 0.15) is 24.6 Å². The van der Waals surface area contributed by atoms with Crippen LogP contribution in [0.4, 0.5) is 0 Å². The molecule has 0 aliphatic carbocycles. The van der Waals surface area contributed by atoms with Gasteiger partial charge in [-0.2, -0.15) is 0 Å². The van der Waals surface area contributed by atoms with E-state index < -0.39 is 0 Å². The molecule has 21 heavy (non-hydrogen) atoms. The Kier molecular flexibility index (Phi) is 3.78. The Morgan fingerprint density at radius 1 is 1.48 bits per heavy atom. The van der Waals surface area contributed by atoms with Crippen LogP contribution < -0.4 is 5.56 Å². The molecule has 1 N–H and O–H groups in total.